The Bertz CT molecular complexity index is 413. The molecule has 0 aromatic heterocycles. The van der Waals surface area contributed by atoms with Gasteiger partial charge in [0, 0.05) is 18.6 Å². The first kappa shape index (κ1) is 14.4. The number of carbonyl (C=O) groups is 1. The van der Waals surface area contributed by atoms with E-state index in [9.17, 15) is 9.90 Å². The first-order valence-corrected chi connectivity index (χ1v) is 6.16. The number of rotatable bonds is 6. The lowest BCUT2D eigenvalue weighted by atomic mass is 10.1. The number of phenolic OH excluding ortho intramolecular Hbond substituents is 1. The van der Waals surface area contributed by atoms with Crippen LogP contribution < -0.4 is 9.47 Å². The van der Waals surface area contributed by atoms with Crippen molar-refractivity contribution < 1.29 is 19.4 Å². The van der Waals surface area contributed by atoms with E-state index in [0.29, 0.717) is 11.5 Å². The van der Waals surface area contributed by atoms with Crippen LogP contribution in [0.1, 0.15) is 38.7 Å². The van der Waals surface area contributed by atoms with Crippen LogP contribution in [0.5, 0.6) is 17.2 Å². The number of methoxy groups -OCH3 is 1. The molecular formula is C14H20O4. The average Bonchev–Trinajstić information content (AvgIpc) is 2.31. The molecule has 1 aromatic carbocycles. The number of esters is 1. The van der Waals surface area contributed by atoms with Gasteiger partial charge in [-0.25, -0.2) is 0 Å². The summed E-state index contributed by atoms with van der Waals surface area (Å²) in [6, 6.07) is 3.07. The second-order valence-electron chi connectivity index (χ2n) is 4.19. The number of hydrogen-bond acceptors (Lipinski definition) is 4. The fourth-order valence-corrected chi connectivity index (χ4v) is 1.81. The number of phenols is 1. The normalized spacial score (nSPS) is 10.2. The summed E-state index contributed by atoms with van der Waals surface area (Å²) in [5, 5.41) is 9.62. The number of ether oxygens (including phenoxy) is 2. The Labute approximate surface area is 108 Å². The highest BCUT2D eigenvalue weighted by molar-refractivity contribution is 5.71. The summed E-state index contributed by atoms with van der Waals surface area (Å²) in [7, 11) is 1.48. The molecule has 0 heterocycles. The molecule has 0 atom stereocenters. The van der Waals surface area contributed by atoms with Crippen LogP contribution in [0.4, 0.5) is 0 Å². The van der Waals surface area contributed by atoms with E-state index in [1.807, 2.05) is 0 Å². The Morgan fingerprint density at radius 2 is 2.06 bits per heavy atom. The third-order valence-electron chi connectivity index (χ3n) is 2.63. The lowest BCUT2D eigenvalue weighted by Crippen LogP contribution is -2.06. The first-order valence-electron chi connectivity index (χ1n) is 6.16. The van der Waals surface area contributed by atoms with E-state index in [2.05, 4.69) is 6.92 Å². The molecule has 0 radical (unpaired) electrons. The number of carbonyl (C=O) groups excluding carboxylic acids is 1. The second-order valence-corrected chi connectivity index (χ2v) is 4.19. The molecule has 0 bridgehead atoms. The van der Waals surface area contributed by atoms with Crippen molar-refractivity contribution in [1.82, 2.24) is 0 Å². The van der Waals surface area contributed by atoms with Crippen LogP contribution in [0, 0.1) is 0 Å². The number of benzene rings is 1. The summed E-state index contributed by atoms with van der Waals surface area (Å²) in [5.41, 5.74) is 0.801. The number of hydrogen-bond donors (Lipinski definition) is 1. The molecule has 4 nitrogen and oxygen atoms in total. The van der Waals surface area contributed by atoms with Gasteiger partial charge in [-0.1, -0.05) is 19.8 Å². The third kappa shape index (κ3) is 3.95. The molecule has 1 aromatic rings. The molecule has 0 aliphatic heterocycles. The Kier molecular flexibility index (Phi) is 5.49. The highest BCUT2D eigenvalue weighted by atomic mass is 16.6. The Morgan fingerprint density at radius 3 is 2.61 bits per heavy atom. The van der Waals surface area contributed by atoms with Crippen molar-refractivity contribution >= 4 is 5.97 Å². The molecule has 0 aliphatic carbocycles. The van der Waals surface area contributed by atoms with E-state index in [4.69, 9.17) is 9.47 Å². The van der Waals surface area contributed by atoms with Crippen LogP contribution in [0.25, 0.3) is 0 Å². The number of aromatic hydroxyl groups is 1. The molecule has 100 valence electrons. The molecule has 0 aliphatic rings. The lowest BCUT2D eigenvalue weighted by molar-refractivity contribution is -0.132. The van der Waals surface area contributed by atoms with Crippen LogP contribution >= 0.6 is 0 Å². The highest BCUT2D eigenvalue weighted by Crippen LogP contribution is 2.36. The van der Waals surface area contributed by atoms with Crippen molar-refractivity contribution in [2.24, 2.45) is 0 Å². The van der Waals surface area contributed by atoms with E-state index in [-0.39, 0.29) is 5.75 Å². The summed E-state index contributed by atoms with van der Waals surface area (Å²) >= 11 is 0. The predicted molar refractivity (Wildman–Crippen MR) is 69.2 cm³/mol. The molecule has 0 fully saturated rings. The zero-order valence-electron chi connectivity index (χ0n) is 11.2. The van der Waals surface area contributed by atoms with Gasteiger partial charge in [0.1, 0.15) is 5.75 Å². The minimum Gasteiger partial charge on any atom is -0.508 e. The minimum absolute atomic E-state index is 0.120. The summed E-state index contributed by atoms with van der Waals surface area (Å²) in [6.45, 7) is 3.47. The van der Waals surface area contributed by atoms with Gasteiger partial charge in [0.05, 0.1) is 7.11 Å². The number of aryl methyl sites for hydroxylation is 1. The molecule has 0 spiro atoms. The molecule has 1 rings (SSSR count). The quantitative estimate of drug-likeness (QED) is 0.480. The standard InChI is InChI=1S/C14H20O4/c1-4-5-6-7-11-8-12(16)9-13(17-3)14(11)18-10(2)15/h8-9,16H,4-7H2,1-3H3. The van der Waals surface area contributed by atoms with Gasteiger partial charge in [0.25, 0.3) is 0 Å². The predicted octanol–water partition coefficient (Wildman–Crippen LogP) is 3.06. The molecule has 1 N–H and O–H groups in total. The van der Waals surface area contributed by atoms with Crippen molar-refractivity contribution in [3.8, 4) is 17.2 Å². The van der Waals surface area contributed by atoms with Crippen LogP contribution in [0.15, 0.2) is 12.1 Å². The van der Waals surface area contributed by atoms with Gasteiger partial charge < -0.3 is 14.6 Å². The summed E-state index contributed by atoms with van der Waals surface area (Å²) in [5.74, 6) is 0.528. The minimum atomic E-state index is -0.393. The average molecular weight is 252 g/mol. The van der Waals surface area contributed by atoms with E-state index in [1.54, 1.807) is 6.07 Å². The van der Waals surface area contributed by atoms with Crippen molar-refractivity contribution in [3.05, 3.63) is 17.7 Å². The second kappa shape index (κ2) is 6.89. The van der Waals surface area contributed by atoms with Crippen LogP contribution in [0.3, 0.4) is 0 Å². The van der Waals surface area contributed by atoms with E-state index >= 15 is 0 Å². The molecule has 18 heavy (non-hydrogen) atoms. The highest BCUT2D eigenvalue weighted by Gasteiger charge is 2.14. The van der Waals surface area contributed by atoms with Gasteiger partial charge in [-0.15, -0.1) is 0 Å². The van der Waals surface area contributed by atoms with E-state index < -0.39 is 5.97 Å². The lowest BCUT2D eigenvalue weighted by Gasteiger charge is -2.13. The third-order valence-corrected chi connectivity index (χ3v) is 2.63. The fourth-order valence-electron chi connectivity index (χ4n) is 1.81. The zero-order valence-corrected chi connectivity index (χ0v) is 11.2. The van der Waals surface area contributed by atoms with Crippen molar-refractivity contribution in [1.29, 1.82) is 0 Å². The van der Waals surface area contributed by atoms with Crippen molar-refractivity contribution in [2.45, 2.75) is 39.5 Å². The smallest absolute Gasteiger partial charge is 0.308 e. The molecule has 0 unspecified atom stereocenters. The van der Waals surface area contributed by atoms with E-state index in [1.165, 1.54) is 20.1 Å². The maximum atomic E-state index is 11.1. The molecule has 4 heteroatoms. The molecule has 0 saturated heterocycles. The van der Waals surface area contributed by atoms with Crippen molar-refractivity contribution in [2.75, 3.05) is 7.11 Å². The maximum Gasteiger partial charge on any atom is 0.308 e. The van der Waals surface area contributed by atoms with Gasteiger partial charge in [-0.05, 0) is 18.9 Å². The van der Waals surface area contributed by atoms with Gasteiger partial charge in [0.15, 0.2) is 11.5 Å². The van der Waals surface area contributed by atoms with Gasteiger partial charge in [0.2, 0.25) is 0 Å². The van der Waals surface area contributed by atoms with Crippen LogP contribution in [-0.2, 0) is 11.2 Å². The van der Waals surface area contributed by atoms with Crippen LogP contribution in [-0.4, -0.2) is 18.2 Å². The maximum absolute atomic E-state index is 11.1. The Hall–Kier alpha value is -1.71. The molecular weight excluding hydrogens is 232 g/mol. The number of unbranched alkanes of at least 4 members (excludes halogenated alkanes) is 2. The van der Waals surface area contributed by atoms with Gasteiger partial charge in [-0.2, -0.15) is 0 Å². The largest absolute Gasteiger partial charge is 0.508 e. The molecule has 0 amide bonds. The summed E-state index contributed by atoms with van der Waals surface area (Å²) in [6.07, 6.45) is 3.94. The molecule has 0 saturated carbocycles. The fraction of sp³-hybridized carbons (Fsp3) is 0.500. The zero-order chi connectivity index (χ0) is 13.5. The Balaban J connectivity index is 3.02. The monoisotopic (exact) mass is 252 g/mol. The topological polar surface area (TPSA) is 55.8 Å². The first-order chi connectivity index (χ1) is 8.58. The van der Waals surface area contributed by atoms with E-state index in [0.717, 1.165) is 31.2 Å². The summed E-state index contributed by atoms with van der Waals surface area (Å²) < 4.78 is 10.3. The van der Waals surface area contributed by atoms with Crippen molar-refractivity contribution in [3.63, 3.8) is 0 Å². The van der Waals surface area contributed by atoms with Crippen LogP contribution in [0.2, 0.25) is 0 Å². The SMILES string of the molecule is CCCCCc1cc(O)cc(OC)c1OC(C)=O. The Morgan fingerprint density at radius 1 is 1.33 bits per heavy atom. The summed E-state index contributed by atoms with van der Waals surface area (Å²) in [4.78, 5) is 11.1. The van der Waals surface area contributed by atoms with Gasteiger partial charge in [-0.3, -0.25) is 4.79 Å². The van der Waals surface area contributed by atoms with Gasteiger partial charge >= 0.3 is 5.97 Å².